The van der Waals surface area contributed by atoms with Crippen molar-refractivity contribution < 1.29 is 45.9 Å². The molecule has 14 nitrogen and oxygen atoms in total. The van der Waals surface area contributed by atoms with Crippen molar-refractivity contribution in [3.63, 3.8) is 0 Å². The van der Waals surface area contributed by atoms with Gasteiger partial charge in [0.25, 0.3) is 5.88 Å². The third-order valence-electron chi connectivity index (χ3n) is 5.48. The van der Waals surface area contributed by atoms with Crippen LogP contribution in [0.1, 0.15) is 32.6 Å². The number of carbonyl (C=O) groups is 3. The van der Waals surface area contributed by atoms with Crippen LogP contribution in [-0.2, 0) is 43.4 Å². The molecule has 4 atom stereocenters. The van der Waals surface area contributed by atoms with E-state index in [2.05, 4.69) is 15.0 Å². The third kappa shape index (κ3) is 6.44. The van der Waals surface area contributed by atoms with Crippen molar-refractivity contribution in [2.75, 3.05) is 6.61 Å². The van der Waals surface area contributed by atoms with Crippen LogP contribution in [0, 0.1) is 10.8 Å². The number of aryl methyl sites for hydroxylation is 1. The molecule has 0 spiro atoms. The van der Waals surface area contributed by atoms with Crippen LogP contribution in [-0.4, -0.2) is 70.8 Å². The lowest BCUT2D eigenvalue weighted by atomic mass is 10.1. The number of aromatic nitrogens is 4. The number of benzene rings is 1. The summed E-state index contributed by atoms with van der Waals surface area (Å²) in [7, 11) is -4.27. The zero-order valence-corrected chi connectivity index (χ0v) is 24.0. The summed E-state index contributed by atoms with van der Waals surface area (Å²) in [5.41, 5.74) is 0.925. The van der Waals surface area contributed by atoms with Crippen LogP contribution in [0.3, 0.4) is 0 Å². The lowest BCUT2D eigenvalue weighted by Crippen LogP contribution is -2.40. The Morgan fingerprint density at radius 2 is 1.64 bits per heavy atom. The maximum Gasteiger partial charge on any atom is 0.340 e. The molecule has 1 aliphatic rings. The molecule has 0 amide bonds. The van der Waals surface area contributed by atoms with E-state index in [1.807, 2.05) is 6.92 Å². The second kappa shape index (κ2) is 11.4. The highest BCUT2D eigenvalue weighted by molar-refractivity contribution is 14.1. The molecule has 0 radical (unpaired) electrons. The molecule has 0 saturated carbocycles. The first kappa shape index (κ1) is 28.6. The van der Waals surface area contributed by atoms with Gasteiger partial charge in [-0.2, -0.15) is 13.4 Å². The van der Waals surface area contributed by atoms with Crippen molar-refractivity contribution in [3.8, 4) is 5.88 Å². The fraction of sp³-hybridized carbons (Fsp3) is 0.391. The second-order valence-electron chi connectivity index (χ2n) is 8.49. The summed E-state index contributed by atoms with van der Waals surface area (Å²) in [5, 5.41) is 0. The van der Waals surface area contributed by atoms with E-state index in [-0.39, 0.29) is 32.4 Å². The summed E-state index contributed by atoms with van der Waals surface area (Å²) in [6, 6.07) is 6.06. The van der Waals surface area contributed by atoms with Crippen molar-refractivity contribution in [1.29, 1.82) is 0 Å². The number of halogens is 1. The Morgan fingerprint density at radius 3 is 2.26 bits per heavy atom. The van der Waals surface area contributed by atoms with E-state index in [0.717, 1.165) is 5.56 Å². The van der Waals surface area contributed by atoms with Gasteiger partial charge in [-0.15, -0.1) is 0 Å². The molecule has 0 bridgehead atoms. The van der Waals surface area contributed by atoms with E-state index in [1.165, 1.54) is 43.8 Å². The van der Waals surface area contributed by atoms with Crippen molar-refractivity contribution >= 4 is 61.8 Å². The van der Waals surface area contributed by atoms with E-state index in [4.69, 9.17) is 23.1 Å². The summed E-state index contributed by atoms with van der Waals surface area (Å²) in [6.07, 6.45) is -3.25. The number of nitrogens with zero attached hydrogens (tertiary/aromatic N) is 4. The van der Waals surface area contributed by atoms with Gasteiger partial charge < -0.3 is 23.1 Å². The quantitative estimate of drug-likeness (QED) is 0.111. The number of rotatable bonds is 8. The zero-order valence-electron chi connectivity index (χ0n) is 21.1. The van der Waals surface area contributed by atoms with Crippen LogP contribution in [0.4, 0.5) is 0 Å². The predicted molar refractivity (Wildman–Crippen MR) is 139 cm³/mol. The number of hydrogen-bond acceptors (Lipinski definition) is 13. The standard InChI is InChI=1S/C23H23IN4O10S/c1-11-5-7-15(8-6-11)39(32,33)38-21-17-20(26-23(24)27-21)28(10-25-17)22-19(36-14(4)31)18(35-13(3)30)16(37-22)9-34-12(2)29/h5-8,10,16,18-19,22H,9H2,1-4H3/t16-,18-,19-,22-/m1/s1. The first-order valence-electron chi connectivity index (χ1n) is 11.4. The van der Waals surface area contributed by atoms with Crippen LogP contribution >= 0.6 is 22.6 Å². The van der Waals surface area contributed by atoms with E-state index < -0.39 is 52.6 Å². The monoisotopic (exact) mass is 674 g/mol. The van der Waals surface area contributed by atoms with Gasteiger partial charge in [0.2, 0.25) is 0 Å². The average Bonchev–Trinajstić information content (AvgIpc) is 3.38. The average molecular weight is 674 g/mol. The molecule has 1 aliphatic heterocycles. The molecule has 0 N–H and O–H groups in total. The van der Waals surface area contributed by atoms with E-state index in [0.29, 0.717) is 0 Å². The fourth-order valence-corrected chi connectivity index (χ4v) is 5.22. The molecule has 1 fully saturated rings. The molecule has 1 saturated heterocycles. The van der Waals surface area contributed by atoms with Gasteiger partial charge in [-0.25, -0.2) is 9.97 Å². The van der Waals surface area contributed by atoms with Crippen LogP contribution in [0.2, 0.25) is 0 Å². The summed E-state index contributed by atoms with van der Waals surface area (Å²) in [5.74, 6) is -2.31. The van der Waals surface area contributed by atoms with Crippen LogP contribution in [0.25, 0.3) is 11.2 Å². The van der Waals surface area contributed by atoms with Crippen LogP contribution in [0.5, 0.6) is 5.88 Å². The zero-order chi connectivity index (χ0) is 28.5. The molecule has 3 aromatic rings. The highest BCUT2D eigenvalue weighted by atomic mass is 127. The van der Waals surface area contributed by atoms with Gasteiger partial charge in [0.15, 0.2) is 33.4 Å². The normalized spacial score (nSPS) is 20.9. The topological polar surface area (TPSA) is 175 Å². The number of fused-ring (bicyclic) bond motifs is 1. The Morgan fingerprint density at radius 1 is 1.00 bits per heavy atom. The molecule has 208 valence electrons. The minimum atomic E-state index is -4.27. The Labute approximate surface area is 236 Å². The van der Waals surface area contributed by atoms with E-state index in [1.54, 1.807) is 34.7 Å². The van der Waals surface area contributed by atoms with Gasteiger partial charge in [-0.05, 0) is 19.1 Å². The molecule has 39 heavy (non-hydrogen) atoms. The third-order valence-corrected chi connectivity index (χ3v) is 7.18. The van der Waals surface area contributed by atoms with Crippen molar-refractivity contribution in [1.82, 2.24) is 19.5 Å². The van der Waals surface area contributed by atoms with Gasteiger partial charge in [-0.1, -0.05) is 17.7 Å². The van der Waals surface area contributed by atoms with Crippen molar-refractivity contribution in [3.05, 3.63) is 40.0 Å². The Balaban J connectivity index is 1.75. The minimum absolute atomic E-state index is 0.0243. The molecule has 1 aromatic carbocycles. The maximum atomic E-state index is 12.9. The van der Waals surface area contributed by atoms with Gasteiger partial charge in [-0.3, -0.25) is 19.0 Å². The maximum absolute atomic E-state index is 12.9. The first-order valence-corrected chi connectivity index (χ1v) is 13.9. The van der Waals surface area contributed by atoms with Gasteiger partial charge in [0, 0.05) is 43.4 Å². The second-order valence-corrected chi connectivity index (χ2v) is 11.0. The molecule has 3 heterocycles. The molecule has 4 rings (SSSR count). The SMILES string of the molecule is CC(=O)OC[C@H]1O[C@@H](n2cnc3c(OS(=O)(=O)c4ccc(C)cc4)nc(I)nc32)[C@H](OC(C)=O)[C@@H]1OC(C)=O. The lowest BCUT2D eigenvalue weighted by molar-refractivity contribution is -0.166. The molecular weight excluding hydrogens is 651 g/mol. The van der Waals surface area contributed by atoms with E-state index >= 15 is 0 Å². The van der Waals surface area contributed by atoms with E-state index in [9.17, 15) is 22.8 Å². The van der Waals surface area contributed by atoms with Gasteiger partial charge >= 0.3 is 28.0 Å². The van der Waals surface area contributed by atoms with Gasteiger partial charge in [0.1, 0.15) is 17.6 Å². The predicted octanol–water partition coefficient (Wildman–Crippen LogP) is 1.83. The number of ether oxygens (including phenoxy) is 4. The Bertz CT molecular complexity index is 1530. The number of carbonyl (C=O) groups excluding carboxylic acids is 3. The highest BCUT2D eigenvalue weighted by Crippen LogP contribution is 2.37. The van der Waals surface area contributed by atoms with Crippen LogP contribution in [0.15, 0.2) is 35.5 Å². The number of hydrogen-bond donors (Lipinski definition) is 0. The summed E-state index contributed by atoms with van der Waals surface area (Å²) in [6.45, 7) is 5.05. The molecule has 2 aromatic heterocycles. The van der Waals surface area contributed by atoms with Gasteiger partial charge in [0.05, 0.1) is 6.33 Å². The number of esters is 3. The largest absolute Gasteiger partial charge is 0.463 e. The Hall–Kier alpha value is -3.38. The minimum Gasteiger partial charge on any atom is -0.463 e. The molecule has 16 heteroatoms. The molecular formula is C23H23IN4O10S. The molecule has 0 aliphatic carbocycles. The highest BCUT2D eigenvalue weighted by Gasteiger charge is 2.51. The van der Waals surface area contributed by atoms with Crippen LogP contribution < -0.4 is 4.18 Å². The lowest BCUT2D eigenvalue weighted by Gasteiger charge is -2.23. The smallest absolute Gasteiger partial charge is 0.340 e. The Kier molecular flexibility index (Phi) is 8.36. The van der Waals surface area contributed by atoms with Crippen molar-refractivity contribution in [2.45, 2.75) is 57.1 Å². The fourth-order valence-electron chi connectivity index (χ4n) is 3.88. The first-order chi connectivity index (χ1) is 18.4. The summed E-state index contributed by atoms with van der Waals surface area (Å²) < 4.78 is 54.6. The summed E-state index contributed by atoms with van der Waals surface area (Å²) >= 11 is 1.78. The molecule has 0 unspecified atom stereocenters. The van der Waals surface area contributed by atoms with Crippen molar-refractivity contribution in [2.24, 2.45) is 0 Å². The summed E-state index contributed by atoms with van der Waals surface area (Å²) in [4.78, 5) is 47.8. The number of imidazole rings is 1.